The summed E-state index contributed by atoms with van der Waals surface area (Å²) < 4.78 is 17.5. The van der Waals surface area contributed by atoms with Gasteiger partial charge in [0.05, 0.1) is 32.3 Å². The molecule has 0 saturated carbocycles. The first kappa shape index (κ1) is 23.2. The molecule has 0 fully saturated rings. The lowest BCUT2D eigenvalue weighted by Gasteiger charge is -2.08. The van der Waals surface area contributed by atoms with Gasteiger partial charge in [-0.05, 0) is 55.5 Å². The van der Waals surface area contributed by atoms with Crippen molar-refractivity contribution in [1.29, 1.82) is 0 Å². The van der Waals surface area contributed by atoms with Crippen molar-refractivity contribution in [3.05, 3.63) is 58.9 Å². The topological polar surface area (TPSA) is 120 Å². The van der Waals surface area contributed by atoms with Crippen molar-refractivity contribution in [2.24, 2.45) is 0 Å². The van der Waals surface area contributed by atoms with Crippen molar-refractivity contribution < 1.29 is 19.0 Å². The van der Waals surface area contributed by atoms with Gasteiger partial charge < -0.3 is 19.5 Å². The third-order valence-electron chi connectivity index (χ3n) is 4.84. The van der Waals surface area contributed by atoms with E-state index < -0.39 is 0 Å². The molecular weight excluding hydrogens is 458 g/mol. The number of methoxy groups -OCH3 is 2. The zero-order valence-corrected chi connectivity index (χ0v) is 19.6. The van der Waals surface area contributed by atoms with Gasteiger partial charge in [0.2, 0.25) is 11.1 Å². The highest BCUT2D eigenvalue weighted by Gasteiger charge is 2.15. The summed E-state index contributed by atoms with van der Waals surface area (Å²) >= 11 is 1.16. The summed E-state index contributed by atoms with van der Waals surface area (Å²) in [6, 6.07) is 14.1. The van der Waals surface area contributed by atoms with Crippen molar-refractivity contribution >= 4 is 28.9 Å². The van der Waals surface area contributed by atoms with Crippen LogP contribution in [0.15, 0.2) is 58.5 Å². The van der Waals surface area contributed by atoms with Crippen molar-refractivity contribution in [3.8, 4) is 28.5 Å². The lowest BCUT2D eigenvalue weighted by atomic mass is 10.1. The molecule has 4 rings (SSSR count). The van der Waals surface area contributed by atoms with Crippen LogP contribution in [0.3, 0.4) is 0 Å². The maximum atomic E-state index is 12.4. The Bertz CT molecular complexity index is 1370. The van der Waals surface area contributed by atoms with Gasteiger partial charge in [-0.1, -0.05) is 11.8 Å². The first-order valence-electron chi connectivity index (χ1n) is 10.4. The van der Waals surface area contributed by atoms with Crippen LogP contribution in [0.5, 0.6) is 17.2 Å². The smallest absolute Gasteiger partial charge is 0.290 e. The van der Waals surface area contributed by atoms with Crippen LogP contribution < -0.4 is 25.1 Å². The number of rotatable bonds is 9. The van der Waals surface area contributed by atoms with Gasteiger partial charge in [-0.3, -0.25) is 9.59 Å². The molecule has 10 nitrogen and oxygen atoms in total. The minimum Gasteiger partial charge on any atom is -0.494 e. The normalized spacial score (nSPS) is 10.8. The Balaban J connectivity index is 1.52. The summed E-state index contributed by atoms with van der Waals surface area (Å²) in [4.78, 5) is 24.8. The number of fused-ring (bicyclic) bond motifs is 1. The van der Waals surface area contributed by atoms with Gasteiger partial charge >= 0.3 is 0 Å². The number of ether oxygens (including phenoxy) is 3. The van der Waals surface area contributed by atoms with E-state index in [9.17, 15) is 9.59 Å². The molecule has 176 valence electrons. The summed E-state index contributed by atoms with van der Waals surface area (Å²) in [5, 5.41) is 14.3. The molecule has 4 aromatic rings. The predicted molar refractivity (Wildman–Crippen MR) is 129 cm³/mol. The molecule has 2 heterocycles. The van der Waals surface area contributed by atoms with Crippen molar-refractivity contribution in [3.63, 3.8) is 0 Å². The number of hydrogen-bond donors (Lipinski definition) is 2. The van der Waals surface area contributed by atoms with Crippen LogP contribution >= 0.6 is 11.8 Å². The Morgan fingerprint density at radius 3 is 2.56 bits per heavy atom. The molecule has 0 aliphatic rings. The molecule has 2 aromatic heterocycles. The Morgan fingerprint density at radius 1 is 1.09 bits per heavy atom. The fourth-order valence-electron chi connectivity index (χ4n) is 3.25. The predicted octanol–water partition coefficient (Wildman–Crippen LogP) is 3.23. The summed E-state index contributed by atoms with van der Waals surface area (Å²) in [6.45, 7) is 2.48. The molecule has 0 radical (unpaired) electrons. The van der Waals surface area contributed by atoms with Gasteiger partial charge in [0.1, 0.15) is 11.3 Å². The lowest BCUT2D eigenvalue weighted by Crippen LogP contribution is -2.17. The van der Waals surface area contributed by atoms with Crippen LogP contribution in [-0.2, 0) is 4.79 Å². The highest BCUT2D eigenvalue weighted by atomic mass is 32.2. The molecule has 0 unspecified atom stereocenters. The summed E-state index contributed by atoms with van der Waals surface area (Å²) in [5.74, 6) is 1.72. The molecule has 0 bridgehead atoms. The highest BCUT2D eigenvalue weighted by molar-refractivity contribution is 7.99. The molecule has 0 saturated heterocycles. The van der Waals surface area contributed by atoms with Crippen molar-refractivity contribution in [2.45, 2.75) is 12.1 Å². The summed E-state index contributed by atoms with van der Waals surface area (Å²) in [6.07, 6.45) is 0. The van der Waals surface area contributed by atoms with E-state index in [2.05, 4.69) is 20.6 Å². The zero-order chi connectivity index (χ0) is 24.1. The Morgan fingerprint density at radius 2 is 1.85 bits per heavy atom. The number of benzene rings is 2. The maximum absolute atomic E-state index is 12.4. The van der Waals surface area contributed by atoms with E-state index in [0.717, 1.165) is 23.1 Å². The number of nitrogens with one attached hydrogen (secondary N) is 2. The van der Waals surface area contributed by atoms with E-state index >= 15 is 0 Å². The molecule has 0 spiro atoms. The van der Waals surface area contributed by atoms with Crippen LogP contribution in [0.4, 0.5) is 5.69 Å². The second kappa shape index (κ2) is 10.3. The number of aromatic nitrogens is 4. The van der Waals surface area contributed by atoms with E-state index in [1.165, 1.54) is 4.52 Å². The van der Waals surface area contributed by atoms with Gasteiger partial charge in [-0.25, -0.2) is 9.61 Å². The number of anilines is 1. The number of carbonyl (C=O) groups excluding carboxylic acids is 1. The average molecular weight is 482 g/mol. The van der Waals surface area contributed by atoms with E-state index in [1.807, 2.05) is 13.0 Å². The van der Waals surface area contributed by atoms with Gasteiger partial charge in [0.15, 0.2) is 11.5 Å². The zero-order valence-electron chi connectivity index (χ0n) is 18.8. The third kappa shape index (κ3) is 4.99. The molecule has 2 aromatic carbocycles. The Labute approximate surface area is 199 Å². The standard InChI is InChI=1S/C23H23N5O5S/c1-4-33-16-8-6-15(7-9-16)24-21(29)13-34-23-26-25-22(30)18-12-17(27-28(18)23)14-5-10-19(31-2)20(11-14)32-3/h5-12H,4,13H2,1-3H3,(H,24,29)(H,25,30). The minimum atomic E-state index is -0.387. The molecule has 0 aliphatic heterocycles. The Kier molecular flexibility index (Phi) is 7.02. The second-order valence-corrected chi connectivity index (χ2v) is 7.97. The monoisotopic (exact) mass is 481 g/mol. The SMILES string of the molecule is CCOc1ccc(NC(=O)CSc2n[nH]c(=O)c3cc(-c4ccc(OC)c(OC)c4)nn23)cc1. The van der Waals surface area contributed by atoms with E-state index in [4.69, 9.17) is 14.2 Å². The van der Waals surface area contributed by atoms with Crippen LogP contribution in [-0.4, -0.2) is 52.3 Å². The van der Waals surface area contributed by atoms with Crippen LogP contribution in [0.25, 0.3) is 16.8 Å². The second-order valence-electron chi connectivity index (χ2n) is 7.03. The minimum absolute atomic E-state index is 0.0763. The fourth-order valence-corrected chi connectivity index (χ4v) is 3.95. The van der Waals surface area contributed by atoms with E-state index in [-0.39, 0.29) is 17.2 Å². The summed E-state index contributed by atoms with van der Waals surface area (Å²) in [5.41, 5.74) is 1.88. The molecule has 1 amide bonds. The maximum Gasteiger partial charge on any atom is 0.290 e. The Hall–Kier alpha value is -3.99. The van der Waals surface area contributed by atoms with Crippen LogP contribution in [0.2, 0.25) is 0 Å². The number of hydrogen-bond acceptors (Lipinski definition) is 8. The van der Waals surface area contributed by atoms with Crippen LogP contribution in [0, 0.1) is 0 Å². The number of H-pyrrole nitrogens is 1. The number of carbonyl (C=O) groups is 1. The lowest BCUT2D eigenvalue weighted by molar-refractivity contribution is -0.113. The largest absolute Gasteiger partial charge is 0.494 e. The van der Waals surface area contributed by atoms with E-state index in [1.54, 1.807) is 56.7 Å². The first-order chi connectivity index (χ1) is 16.5. The fraction of sp³-hybridized carbons (Fsp3) is 0.217. The van der Waals surface area contributed by atoms with Gasteiger partial charge in [-0.15, -0.1) is 5.10 Å². The number of aromatic amines is 1. The van der Waals surface area contributed by atoms with Crippen molar-refractivity contribution in [1.82, 2.24) is 19.8 Å². The highest BCUT2D eigenvalue weighted by Crippen LogP contribution is 2.32. The number of nitrogens with zero attached hydrogens (tertiary/aromatic N) is 3. The van der Waals surface area contributed by atoms with Crippen LogP contribution in [0.1, 0.15) is 6.92 Å². The van der Waals surface area contributed by atoms with Gasteiger partial charge in [0, 0.05) is 11.3 Å². The van der Waals surface area contributed by atoms with Gasteiger partial charge in [-0.2, -0.15) is 5.10 Å². The molecule has 0 aliphatic carbocycles. The first-order valence-corrected chi connectivity index (χ1v) is 11.4. The molecule has 11 heteroatoms. The molecular formula is C23H23N5O5S. The quantitative estimate of drug-likeness (QED) is 0.350. The average Bonchev–Trinajstić information content (AvgIpc) is 3.31. The molecule has 0 atom stereocenters. The number of amides is 1. The summed E-state index contributed by atoms with van der Waals surface area (Å²) in [7, 11) is 3.11. The van der Waals surface area contributed by atoms with E-state index in [0.29, 0.717) is 40.2 Å². The van der Waals surface area contributed by atoms with Gasteiger partial charge in [0.25, 0.3) is 5.56 Å². The molecule has 2 N–H and O–H groups in total. The third-order valence-corrected chi connectivity index (χ3v) is 5.77. The molecule has 34 heavy (non-hydrogen) atoms. The number of thioether (sulfide) groups is 1. The van der Waals surface area contributed by atoms with Crippen molar-refractivity contribution in [2.75, 3.05) is 31.9 Å².